The van der Waals surface area contributed by atoms with Gasteiger partial charge in [-0.15, -0.1) is 11.3 Å². The van der Waals surface area contributed by atoms with E-state index in [1.165, 1.54) is 16.2 Å². The molecule has 0 saturated carbocycles. The normalized spacial score (nSPS) is 14.8. The van der Waals surface area contributed by atoms with E-state index in [9.17, 15) is 4.79 Å². The first-order chi connectivity index (χ1) is 13.5. The second kappa shape index (κ2) is 9.28. The number of quaternary nitrogens is 1. The van der Waals surface area contributed by atoms with Crippen molar-refractivity contribution in [3.05, 3.63) is 16.3 Å². The number of ether oxygens (including phenoxy) is 2. The number of nitrogens with zero attached hydrogens (tertiary/aromatic N) is 4. The summed E-state index contributed by atoms with van der Waals surface area (Å²) in [5.41, 5.74) is 0.836. The Morgan fingerprint density at radius 1 is 1.39 bits per heavy atom. The van der Waals surface area contributed by atoms with Crippen LogP contribution in [-0.2, 0) is 16.0 Å². The largest absolute Gasteiger partial charge is 0.462 e. The number of nitriles is 1. The molecule has 0 aliphatic carbocycles. The van der Waals surface area contributed by atoms with Crippen LogP contribution in [0.2, 0.25) is 0 Å². The van der Waals surface area contributed by atoms with Crippen molar-refractivity contribution in [3.63, 3.8) is 0 Å². The molecule has 0 amide bonds. The highest BCUT2D eigenvalue weighted by molar-refractivity contribution is 7.20. The van der Waals surface area contributed by atoms with Gasteiger partial charge in [-0.2, -0.15) is 5.26 Å². The van der Waals surface area contributed by atoms with E-state index in [0.29, 0.717) is 31.0 Å². The van der Waals surface area contributed by atoms with Gasteiger partial charge in [0.15, 0.2) is 5.82 Å². The summed E-state index contributed by atoms with van der Waals surface area (Å²) in [5.74, 6) is 1.20. The van der Waals surface area contributed by atoms with Crippen LogP contribution >= 0.6 is 11.3 Å². The number of morpholine rings is 1. The number of hydrogen-bond acceptors (Lipinski definition) is 8. The zero-order valence-corrected chi connectivity index (χ0v) is 17.4. The predicted molar refractivity (Wildman–Crippen MR) is 107 cm³/mol. The van der Waals surface area contributed by atoms with Crippen LogP contribution in [0.3, 0.4) is 0 Å². The first-order valence-corrected chi connectivity index (χ1v) is 10.3. The van der Waals surface area contributed by atoms with E-state index in [-0.39, 0.29) is 5.97 Å². The maximum Gasteiger partial charge on any atom is 0.348 e. The van der Waals surface area contributed by atoms with Gasteiger partial charge >= 0.3 is 5.97 Å². The molecule has 28 heavy (non-hydrogen) atoms. The molecule has 9 heteroatoms. The van der Waals surface area contributed by atoms with Gasteiger partial charge in [-0.3, -0.25) is 0 Å². The Labute approximate surface area is 168 Å². The van der Waals surface area contributed by atoms with Gasteiger partial charge in [0.2, 0.25) is 0 Å². The van der Waals surface area contributed by atoms with Gasteiger partial charge in [-0.05, 0) is 19.4 Å². The highest BCUT2D eigenvalue weighted by atomic mass is 32.1. The summed E-state index contributed by atoms with van der Waals surface area (Å²) in [6.45, 7) is 8.67. The van der Waals surface area contributed by atoms with Crippen molar-refractivity contribution >= 4 is 33.3 Å². The number of aryl methyl sites for hydroxylation is 1. The number of aromatic nitrogens is 2. The minimum absolute atomic E-state index is 0.325. The van der Waals surface area contributed by atoms with E-state index in [1.54, 1.807) is 6.92 Å². The summed E-state index contributed by atoms with van der Waals surface area (Å²) >= 11 is 1.35. The molecular formula is C19H26N5O3S+. The van der Waals surface area contributed by atoms with Crippen molar-refractivity contribution in [2.24, 2.45) is 0 Å². The molecule has 2 aromatic heterocycles. The van der Waals surface area contributed by atoms with Crippen molar-refractivity contribution in [1.82, 2.24) is 9.97 Å². The molecule has 1 saturated heterocycles. The first-order valence-electron chi connectivity index (χ1n) is 9.51. The molecule has 2 aromatic rings. The lowest BCUT2D eigenvalue weighted by Gasteiger charge is -2.24. The maximum absolute atomic E-state index is 12.4. The lowest BCUT2D eigenvalue weighted by atomic mass is 10.2. The van der Waals surface area contributed by atoms with E-state index in [1.807, 2.05) is 18.9 Å². The minimum atomic E-state index is -0.325. The highest BCUT2D eigenvalue weighted by Gasteiger charge is 2.24. The van der Waals surface area contributed by atoms with Crippen LogP contribution in [0.4, 0.5) is 5.82 Å². The van der Waals surface area contributed by atoms with Crippen LogP contribution in [0, 0.1) is 18.3 Å². The average Bonchev–Trinajstić information content (AvgIpc) is 3.03. The minimum Gasteiger partial charge on any atom is -0.462 e. The van der Waals surface area contributed by atoms with Crippen molar-refractivity contribution in [3.8, 4) is 6.07 Å². The van der Waals surface area contributed by atoms with Crippen LogP contribution in [0.15, 0.2) is 0 Å². The molecule has 0 spiro atoms. The molecule has 1 aliphatic heterocycles. The molecule has 150 valence electrons. The Hall–Kier alpha value is -2.28. The Kier molecular flexibility index (Phi) is 6.78. The second-order valence-corrected chi connectivity index (χ2v) is 7.79. The van der Waals surface area contributed by atoms with E-state index in [0.717, 1.165) is 53.7 Å². The summed E-state index contributed by atoms with van der Waals surface area (Å²) in [7, 11) is 1.92. The molecule has 8 nitrogen and oxygen atoms in total. The van der Waals surface area contributed by atoms with Crippen molar-refractivity contribution < 1.29 is 19.2 Å². The molecule has 0 bridgehead atoms. The molecule has 1 fully saturated rings. The standard InChI is InChI=1S/C19H25N5O3S/c1-4-27-19(25)16-13(2)15-17(23(3)7-5-6-20)21-14(22-18(15)28-16)12-24-8-10-26-11-9-24/h4-5,7-12H2,1-3H3/p+1. The molecule has 3 heterocycles. The van der Waals surface area contributed by atoms with Crippen molar-refractivity contribution in [1.29, 1.82) is 5.26 Å². The molecule has 0 unspecified atom stereocenters. The fraction of sp³-hybridized carbons (Fsp3) is 0.579. The third kappa shape index (κ3) is 4.41. The number of thiophene rings is 1. The van der Waals surface area contributed by atoms with Gasteiger partial charge in [-0.1, -0.05) is 0 Å². The molecule has 1 N–H and O–H groups in total. The smallest absolute Gasteiger partial charge is 0.348 e. The van der Waals surface area contributed by atoms with Crippen LogP contribution < -0.4 is 9.80 Å². The van der Waals surface area contributed by atoms with Gasteiger partial charge in [0.25, 0.3) is 0 Å². The van der Waals surface area contributed by atoms with E-state index in [4.69, 9.17) is 24.7 Å². The summed E-state index contributed by atoms with van der Waals surface area (Å²) in [6.07, 6.45) is 0.403. The quantitative estimate of drug-likeness (QED) is 0.687. The summed E-state index contributed by atoms with van der Waals surface area (Å²) in [6, 6.07) is 2.18. The summed E-state index contributed by atoms with van der Waals surface area (Å²) < 4.78 is 10.6. The molecule has 0 atom stereocenters. The van der Waals surface area contributed by atoms with Crippen molar-refractivity contribution in [2.75, 3.05) is 51.4 Å². The Balaban J connectivity index is 2.03. The van der Waals surface area contributed by atoms with Gasteiger partial charge in [0.1, 0.15) is 35.2 Å². The van der Waals surface area contributed by atoms with Crippen LogP contribution in [-0.4, -0.2) is 62.4 Å². The Bertz CT molecular complexity index is 886. The fourth-order valence-corrected chi connectivity index (χ4v) is 4.38. The molecule has 0 radical (unpaired) electrons. The Morgan fingerprint density at radius 2 is 2.14 bits per heavy atom. The number of anilines is 1. The number of nitrogens with one attached hydrogen (secondary N) is 1. The van der Waals surface area contributed by atoms with Crippen LogP contribution in [0.25, 0.3) is 10.2 Å². The Morgan fingerprint density at radius 3 is 2.82 bits per heavy atom. The number of hydrogen-bond donors (Lipinski definition) is 1. The van der Waals surface area contributed by atoms with E-state index >= 15 is 0 Å². The van der Waals surface area contributed by atoms with E-state index < -0.39 is 0 Å². The van der Waals surface area contributed by atoms with Crippen LogP contribution in [0.5, 0.6) is 0 Å². The summed E-state index contributed by atoms with van der Waals surface area (Å²) in [5, 5.41) is 9.82. The van der Waals surface area contributed by atoms with Crippen molar-refractivity contribution in [2.45, 2.75) is 26.8 Å². The SMILES string of the molecule is CCOC(=O)c1sc2nc(C[NH+]3CCOCC3)nc(N(C)CCC#N)c2c1C. The summed E-state index contributed by atoms with van der Waals surface area (Å²) in [4.78, 5) is 26.7. The van der Waals surface area contributed by atoms with Gasteiger partial charge in [0, 0.05) is 13.6 Å². The van der Waals surface area contributed by atoms with Gasteiger partial charge < -0.3 is 19.3 Å². The molecule has 1 aliphatic rings. The number of carbonyl (C=O) groups excluding carboxylic acids is 1. The zero-order valence-electron chi connectivity index (χ0n) is 16.6. The second-order valence-electron chi connectivity index (χ2n) is 6.79. The molecule has 0 aromatic carbocycles. The average molecular weight is 405 g/mol. The zero-order chi connectivity index (χ0) is 20.1. The maximum atomic E-state index is 12.4. The number of carbonyl (C=O) groups is 1. The molecular weight excluding hydrogens is 378 g/mol. The van der Waals surface area contributed by atoms with Gasteiger partial charge in [0.05, 0.1) is 37.7 Å². The van der Waals surface area contributed by atoms with Crippen LogP contribution in [0.1, 0.15) is 34.4 Å². The lowest BCUT2D eigenvalue weighted by Crippen LogP contribution is -3.12. The first kappa shape index (κ1) is 20.5. The monoisotopic (exact) mass is 404 g/mol. The lowest BCUT2D eigenvalue weighted by molar-refractivity contribution is -0.922. The third-order valence-electron chi connectivity index (χ3n) is 4.81. The highest BCUT2D eigenvalue weighted by Crippen LogP contribution is 2.35. The van der Waals surface area contributed by atoms with Gasteiger partial charge in [-0.25, -0.2) is 14.8 Å². The fourth-order valence-electron chi connectivity index (χ4n) is 3.29. The predicted octanol–water partition coefficient (Wildman–Crippen LogP) is 0.941. The topological polar surface area (TPSA) is 92.8 Å². The third-order valence-corrected chi connectivity index (χ3v) is 5.97. The number of fused-ring (bicyclic) bond motifs is 1. The van der Waals surface area contributed by atoms with E-state index in [2.05, 4.69) is 6.07 Å². The molecule has 3 rings (SSSR count). The number of rotatable bonds is 7. The number of esters is 1.